The van der Waals surface area contributed by atoms with Crippen LogP contribution < -0.4 is 10.6 Å². The van der Waals surface area contributed by atoms with Crippen LogP contribution in [0, 0.1) is 5.92 Å². The zero-order chi connectivity index (χ0) is 18.8. The molecule has 0 bridgehead atoms. The number of hydrogen-bond acceptors (Lipinski definition) is 3. The predicted octanol–water partition coefficient (Wildman–Crippen LogP) is 3.11. The van der Waals surface area contributed by atoms with E-state index in [1.54, 1.807) is 0 Å². The molecule has 1 heterocycles. The van der Waals surface area contributed by atoms with Crippen LogP contribution in [-0.2, 0) is 10.2 Å². The first-order chi connectivity index (χ1) is 12.5. The summed E-state index contributed by atoms with van der Waals surface area (Å²) >= 11 is 0. The van der Waals surface area contributed by atoms with Crippen molar-refractivity contribution < 1.29 is 4.74 Å². The summed E-state index contributed by atoms with van der Waals surface area (Å²) in [6, 6.07) is 10.6. The van der Waals surface area contributed by atoms with Gasteiger partial charge in [0.1, 0.15) is 0 Å². The normalized spacial score (nSPS) is 17.1. The molecule has 0 spiro atoms. The first-order valence-corrected chi connectivity index (χ1v) is 9.89. The number of halogens is 1. The minimum atomic E-state index is 0. The second kappa shape index (κ2) is 12.6. The van der Waals surface area contributed by atoms with E-state index in [1.165, 1.54) is 5.56 Å². The van der Waals surface area contributed by atoms with E-state index in [-0.39, 0.29) is 29.4 Å². The molecule has 0 aromatic heterocycles. The molecule has 1 aliphatic heterocycles. The van der Waals surface area contributed by atoms with Crippen molar-refractivity contribution in [2.45, 2.75) is 33.1 Å². The van der Waals surface area contributed by atoms with Crippen LogP contribution in [-0.4, -0.2) is 63.3 Å². The summed E-state index contributed by atoms with van der Waals surface area (Å²) in [5.74, 6) is 1.48. The number of nitrogens with one attached hydrogen (secondary N) is 2. The Bertz CT molecular complexity index is 544. The Kier molecular flexibility index (Phi) is 11.3. The monoisotopic (exact) mass is 488 g/mol. The summed E-state index contributed by atoms with van der Waals surface area (Å²) in [5, 5.41) is 6.89. The van der Waals surface area contributed by atoms with Crippen LogP contribution in [0.2, 0.25) is 0 Å². The molecule has 0 amide bonds. The highest BCUT2D eigenvalue weighted by atomic mass is 127. The van der Waals surface area contributed by atoms with Crippen molar-refractivity contribution in [2.24, 2.45) is 10.9 Å². The maximum absolute atomic E-state index is 5.43. The minimum Gasteiger partial charge on any atom is -0.379 e. The van der Waals surface area contributed by atoms with E-state index in [1.807, 2.05) is 0 Å². The van der Waals surface area contributed by atoms with Crippen LogP contribution in [0.15, 0.2) is 35.3 Å². The van der Waals surface area contributed by atoms with Crippen molar-refractivity contribution in [2.75, 3.05) is 52.5 Å². The van der Waals surface area contributed by atoms with E-state index < -0.39 is 0 Å². The van der Waals surface area contributed by atoms with Crippen molar-refractivity contribution in [1.82, 2.24) is 15.5 Å². The van der Waals surface area contributed by atoms with Crippen molar-refractivity contribution in [3.63, 3.8) is 0 Å². The lowest BCUT2D eigenvalue weighted by Gasteiger charge is -2.29. The average molecular weight is 488 g/mol. The molecule has 2 N–H and O–H groups in total. The van der Waals surface area contributed by atoms with E-state index in [0.29, 0.717) is 5.92 Å². The Morgan fingerprint density at radius 1 is 1.19 bits per heavy atom. The van der Waals surface area contributed by atoms with Gasteiger partial charge in [0, 0.05) is 38.1 Å². The highest BCUT2D eigenvalue weighted by Crippen LogP contribution is 2.22. The number of ether oxygens (including phenoxy) is 1. The third kappa shape index (κ3) is 8.79. The van der Waals surface area contributed by atoms with Gasteiger partial charge < -0.3 is 15.4 Å². The fraction of sp³-hybridized carbons (Fsp3) is 0.667. The Hall–Kier alpha value is -0.860. The number of guanidine groups is 1. The average Bonchev–Trinajstić information content (AvgIpc) is 2.65. The molecular formula is C21H37IN4O. The summed E-state index contributed by atoms with van der Waals surface area (Å²) in [7, 11) is 0. The van der Waals surface area contributed by atoms with Gasteiger partial charge in [-0.15, -0.1) is 24.0 Å². The topological polar surface area (TPSA) is 48.9 Å². The Morgan fingerprint density at radius 2 is 1.85 bits per heavy atom. The van der Waals surface area contributed by atoms with Crippen LogP contribution in [0.3, 0.4) is 0 Å². The van der Waals surface area contributed by atoms with Crippen molar-refractivity contribution >= 4 is 29.9 Å². The lowest BCUT2D eigenvalue weighted by Crippen LogP contribution is -2.44. The molecule has 2 rings (SSSR count). The fourth-order valence-corrected chi connectivity index (χ4v) is 3.16. The predicted molar refractivity (Wildman–Crippen MR) is 125 cm³/mol. The SMILES string of the molecule is CCNC(=NCC(C)(C)c1ccccc1)NCC(C)CN1CCOCC1.I. The molecule has 1 aromatic carbocycles. The number of aliphatic imine (C=N–C) groups is 1. The van der Waals surface area contributed by atoms with E-state index in [4.69, 9.17) is 9.73 Å². The van der Waals surface area contributed by atoms with Gasteiger partial charge in [0.05, 0.1) is 19.8 Å². The smallest absolute Gasteiger partial charge is 0.191 e. The third-order valence-electron chi connectivity index (χ3n) is 4.82. The van der Waals surface area contributed by atoms with Crippen LogP contribution >= 0.6 is 24.0 Å². The summed E-state index contributed by atoms with van der Waals surface area (Å²) in [4.78, 5) is 7.33. The van der Waals surface area contributed by atoms with Gasteiger partial charge in [-0.3, -0.25) is 9.89 Å². The van der Waals surface area contributed by atoms with Crippen LogP contribution in [0.5, 0.6) is 0 Å². The van der Waals surface area contributed by atoms with E-state index in [2.05, 4.69) is 73.6 Å². The molecular weight excluding hydrogens is 451 g/mol. The standard InChI is InChI=1S/C21H36N4O.HI/c1-5-22-20(23-15-18(2)16-25-11-13-26-14-12-25)24-17-21(3,4)19-9-7-6-8-10-19;/h6-10,18H,5,11-17H2,1-4H3,(H2,22,23,24);1H. The van der Waals surface area contributed by atoms with Gasteiger partial charge >= 0.3 is 0 Å². The van der Waals surface area contributed by atoms with Crippen molar-refractivity contribution in [3.8, 4) is 0 Å². The van der Waals surface area contributed by atoms with Gasteiger partial charge in [-0.2, -0.15) is 0 Å². The Balaban J connectivity index is 0.00000364. The van der Waals surface area contributed by atoms with Gasteiger partial charge in [0.25, 0.3) is 0 Å². The van der Waals surface area contributed by atoms with Gasteiger partial charge in [0.2, 0.25) is 0 Å². The number of rotatable bonds is 8. The van der Waals surface area contributed by atoms with E-state index >= 15 is 0 Å². The second-order valence-electron chi connectivity index (χ2n) is 7.84. The fourth-order valence-electron chi connectivity index (χ4n) is 3.16. The summed E-state index contributed by atoms with van der Waals surface area (Å²) in [6.45, 7) is 16.4. The molecule has 1 atom stereocenters. The zero-order valence-corrected chi connectivity index (χ0v) is 19.7. The zero-order valence-electron chi connectivity index (χ0n) is 17.3. The molecule has 0 aliphatic carbocycles. The third-order valence-corrected chi connectivity index (χ3v) is 4.82. The minimum absolute atomic E-state index is 0. The maximum Gasteiger partial charge on any atom is 0.191 e. The summed E-state index contributed by atoms with van der Waals surface area (Å²) < 4.78 is 5.43. The lowest BCUT2D eigenvalue weighted by molar-refractivity contribution is 0.0320. The van der Waals surface area contributed by atoms with Gasteiger partial charge in [-0.1, -0.05) is 51.1 Å². The van der Waals surface area contributed by atoms with Gasteiger partial charge in [0.15, 0.2) is 5.96 Å². The molecule has 1 fully saturated rings. The second-order valence-corrected chi connectivity index (χ2v) is 7.84. The first-order valence-electron chi connectivity index (χ1n) is 9.89. The molecule has 0 saturated carbocycles. The molecule has 5 nitrogen and oxygen atoms in total. The van der Waals surface area contributed by atoms with Crippen molar-refractivity contribution in [3.05, 3.63) is 35.9 Å². The largest absolute Gasteiger partial charge is 0.379 e. The van der Waals surface area contributed by atoms with Gasteiger partial charge in [-0.05, 0) is 18.4 Å². The quantitative estimate of drug-likeness (QED) is 0.336. The highest BCUT2D eigenvalue weighted by molar-refractivity contribution is 14.0. The van der Waals surface area contributed by atoms with Gasteiger partial charge in [-0.25, -0.2) is 0 Å². The lowest BCUT2D eigenvalue weighted by atomic mass is 9.85. The van der Waals surface area contributed by atoms with Crippen LogP contribution in [0.25, 0.3) is 0 Å². The Morgan fingerprint density at radius 3 is 2.48 bits per heavy atom. The molecule has 6 heteroatoms. The molecule has 1 saturated heterocycles. The molecule has 154 valence electrons. The maximum atomic E-state index is 5.43. The first kappa shape index (κ1) is 24.2. The molecule has 1 aromatic rings. The molecule has 1 unspecified atom stereocenters. The molecule has 27 heavy (non-hydrogen) atoms. The van der Waals surface area contributed by atoms with Crippen molar-refractivity contribution in [1.29, 1.82) is 0 Å². The molecule has 1 aliphatic rings. The number of benzene rings is 1. The van der Waals surface area contributed by atoms with E-state index in [9.17, 15) is 0 Å². The van der Waals surface area contributed by atoms with Crippen LogP contribution in [0.4, 0.5) is 0 Å². The van der Waals surface area contributed by atoms with E-state index in [0.717, 1.165) is 58.4 Å². The van der Waals surface area contributed by atoms with Crippen LogP contribution in [0.1, 0.15) is 33.3 Å². The summed E-state index contributed by atoms with van der Waals surface area (Å²) in [5.41, 5.74) is 1.34. The number of morpholine rings is 1. The molecule has 0 radical (unpaired) electrons. The highest BCUT2D eigenvalue weighted by Gasteiger charge is 2.20. The Labute approximate surface area is 182 Å². The number of hydrogen-bond donors (Lipinski definition) is 2. The summed E-state index contributed by atoms with van der Waals surface area (Å²) in [6.07, 6.45) is 0. The number of nitrogens with zero attached hydrogens (tertiary/aromatic N) is 2.